The maximum absolute atomic E-state index is 14.3. The molecule has 0 bridgehead atoms. The second kappa shape index (κ2) is 26.2. The molecule has 20 nitrogen and oxygen atoms in total. The van der Waals surface area contributed by atoms with Gasteiger partial charge in [0.25, 0.3) is 14.1 Å². The zero-order valence-electron chi connectivity index (χ0n) is 46.8. The van der Waals surface area contributed by atoms with Crippen LogP contribution in [0, 0.1) is 11.8 Å². The summed E-state index contributed by atoms with van der Waals surface area (Å²) in [7, 11) is 3.96. The molecule has 21 heteroatoms. The Kier molecular flexibility index (Phi) is 19.5. The maximum Gasteiger partial charge on any atom is 0.420 e. The molecule has 0 radical (unpaired) electrons. The van der Waals surface area contributed by atoms with Gasteiger partial charge in [-0.2, -0.15) is 0 Å². The van der Waals surface area contributed by atoms with Crippen LogP contribution in [0.3, 0.4) is 0 Å². The van der Waals surface area contributed by atoms with Crippen LogP contribution in [0.4, 0.5) is 4.79 Å². The second-order valence-corrected chi connectivity index (χ2v) is 21.6. The van der Waals surface area contributed by atoms with Gasteiger partial charge in [0.15, 0.2) is 18.4 Å². The molecule has 2 saturated heterocycles. The number of methoxy groups -OCH3 is 4. The molecule has 2 aromatic heterocycles. The van der Waals surface area contributed by atoms with Gasteiger partial charge in [0.1, 0.15) is 35.4 Å². The molecule has 10 atom stereocenters. The summed E-state index contributed by atoms with van der Waals surface area (Å²) in [5.74, 6) is -0.838. The quantitative estimate of drug-likeness (QED) is 0.0292. The number of hydrogen-bond acceptors (Lipinski definition) is 17. The minimum atomic E-state index is -1.99. The molecule has 2 fully saturated rings. The van der Waals surface area contributed by atoms with Crippen molar-refractivity contribution in [3.8, 4) is 11.5 Å². The van der Waals surface area contributed by atoms with Gasteiger partial charge in [-0.3, -0.25) is 23.7 Å². The SMILES string of the molecule is COC(=O)C1OC(OC(=O)n2cc(CCOP(OC3[C@@H](COC(c4ccccc4)(c4ccc(OC)cc4)c4ccc(OC)cc4)O[C@@H](n4ccc(=O)[nH]c4=O)[C@H]3OC)N(C(C)C)C(C)C)c3ccccc32)C(OC(C)=O)C(C)C1C. The number of aromatic nitrogens is 3. The van der Waals surface area contributed by atoms with E-state index in [1.165, 1.54) is 42.5 Å². The number of nitrogens with zero attached hydrogens (tertiary/aromatic N) is 3. The van der Waals surface area contributed by atoms with E-state index in [4.69, 9.17) is 51.7 Å². The number of ether oxygens (including phenoxy) is 9. The normalized spacial score (nSPS) is 22.6. The zero-order chi connectivity index (χ0) is 57.4. The Balaban J connectivity index is 1.13. The summed E-state index contributed by atoms with van der Waals surface area (Å²) >= 11 is 0. The first-order valence-corrected chi connectivity index (χ1v) is 27.6. The number of para-hydroxylation sites is 1. The van der Waals surface area contributed by atoms with Crippen molar-refractivity contribution in [3.63, 3.8) is 0 Å². The fourth-order valence-corrected chi connectivity index (χ4v) is 12.3. The van der Waals surface area contributed by atoms with E-state index in [0.717, 1.165) is 27.6 Å². The third-order valence-electron chi connectivity index (χ3n) is 14.7. The monoisotopic (exact) mass is 1120 g/mol. The maximum atomic E-state index is 14.3. The highest BCUT2D eigenvalue weighted by Crippen LogP contribution is 2.51. The summed E-state index contributed by atoms with van der Waals surface area (Å²) in [5.41, 5.74) is 1.06. The molecular weight excluding hydrogens is 1050 g/mol. The first-order valence-electron chi connectivity index (χ1n) is 26.5. The van der Waals surface area contributed by atoms with Crippen molar-refractivity contribution >= 4 is 37.5 Å². The molecule has 7 unspecified atom stereocenters. The molecule has 4 aromatic carbocycles. The van der Waals surface area contributed by atoms with E-state index in [-0.39, 0.29) is 25.3 Å². The van der Waals surface area contributed by atoms with E-state index in [0.29, 0.717) is 23.4 Å². The van der Waals surface area contributed by atoms with Gasteiger partial charge in [0.2, 0.25) is 6.29 Å². The van der Waals surface area contributed by atoms with Crippen LogP contribution < -0.4 is 20.7 Å². The lowest BCUT2D eigenvalue weighted by Crippen LogP contribution is -2.55. The Morgan fingerprint density at radius 3 is 1.93 bits per heavy atom. The predicted molar refractivity (Wildman–Crippen MR) is 296 cm³/mol. The van der Waals surface area contributed by atoms with Crippen molar-refractivity contribution in [1.29, 1.82) is 0 Å². The number of benzene rings is 4. The van der Waals surface area contributed by atoms with Crippen LogP contribution in [0.25, 0.3) is 10.9 Å². The number of rotatable bonds is 22. The molecule has 0 amide bonds. The Morgan fingerprint density at radius 1 is 0.738 bits per heavy atom. The fraction of sp³-hybridized carbons (Fsp3) is 0.441. The smallest absolute Gasteiger partial charge is 0.420 e. The number of carbonyl (C=O) groups excluding carboxylic acids is 3. The van der Waals surface area contributed by atoms with Gasteiger partial charge < -0.3 is 51.7 Å². The highest BCUT2D eigenvalue weighted by Gasteiger charge is 2.52. The van der Waals surface area contributed by atoms with Crippen LogP contribution >= 0.6 is 8.53 Å². The molecule has 8 rings (SSSR count). The summed E-state index contributed by atoms with van der Waals surface area (Å²) in [6.07, 6.45) is -5.01. The standard InChI is InChI=1S/C59H71N4O16P/c1-35(2)63(36(3)4)80(74-32-30-40-33-62(47-20-16-15-19-46(40)47)58(68)78-56-51(75-39(7)64)38(6)37(5)50(77-56)55(66)72-11)79-52-48(76-54(53(52)71-10)61-31-29-49(65)60-57(61)67)34-73-59(41-17-13-12-14-18-41,42-21-25-44(69-8)26-22-42)43-23-27-45(70-9)28-24-43/h12-29,31,33,35-38,48,50-54,56H,30,32,34H2,1-11H3,(H,60,65,67)/t37?,38?,48-,50?,51?,52?,53+,54-,56?,80?/m1/s1. The molecule has 0 aliphatic carbocycles. The molecule has 0 spiro atoms. The van der Waals surface area contributed by atoms with E-state index in [1.54, 1.807) is 46.4 Å². The number of esters is 2. The molecule has 2 aliphatic heterocycles. The Morgan fingerprint density at radius 2 is 1.35 bits per heavy atom. The highest BCUT2D eigenvalue weighted by atomic mass is 31.2. The molecule has 6 aromatic rings. The number of aromatic amines is 1. The Labute approximate surface area is 466 Å². The van der Waals surface area contributed by atoms with E-state index in [2.05, 4.69) is 9.65 Å². The lowest BCUT2D eigenvalue weighted by Gasteiger charge is -2.41. The van der Waals surface area contributed by atoms with Gasteiger partial charge in [-0.05, 0) is 92.6 Å². The van der Waals surface area contributed by atoms with Gasteiger partial charge in [0, 0.05) is 55.9 Å². The number of H-pyrrole nitrogens is 1. The Hall–Kier alpha value is -6.74. The van der Waals surface area contributed by atoms with Gasteiger partial charge in [-0.25, -0.2) is 19.1 Å². The lowest BCUT2D eigenvalue weighted by molar-refractivity contribution is -0.256. The number of hydrogen-bond donors (Lipinski definition) is 1. The lowest BCUT2D eigenvalue weighted by atomic mass is 9.80. The number of fused-ring (bicyclic) bond motifs is 1. The van der Waals surface area contributed by atoms with Gasteiger partial charge >= 0.3 is 23.7 Å². The van der Waals surface area contributed by atoms with Gasteiger partial charge in [-0.15, -0.1) is 0 Å². The van der Waals surface area contributed by atoms with Crippen LogP contribution in [0.1, 0.15) is 76.9 Å². The first kappa shape index (κ1) is 59.4. The van der Waals surface area contributed by atoms with E-state index >= 15 is 0 Å². The summed E-state index contributed by atoms with van der Waals surface area (Å²) in [5, 5.41) is 0.740. The van der Waals surface area contributed by atoms with Crippen LogP contribution in [0.15, 0.2) is 131 Å². The first-order chi connectivity index (χ1) is 38.4. The topological polar surface area (TPSA) is 216 Å². The van der Waals surface area contributed by atoms with Crippen molar-refractivity contribution in [3.05, 3.63) is 165 Å². The molecule has 80 heavy (non-hydrogen) atoms. The van der Waals surface area contributed by atoms with E-state index < -0.39 is 98.3 Å². The number of carbonyl (C=O) groups is 3. The third kappa shape index (κ3) is 12.6. The predicted octanol–water partition coefficient (Wildman–Crippen LogP) is 8.51. The van der Waals surface area contributed by atoms with Crippen LogP contribution in [0.5, 0.6) is 11.5 Å². The van der Waals surface area contributed by atoms with Crippen molar-refractivity contribution < 1.29 is 66.1 Å². The largest absolute Gasteiger partial charge is 0.497 e. The van der Waals surface area contributed by atoms with Gasteiger partial charge in [0.05, 0.1) is 40.1 Å². The summed E-state index contributed by atoms with van der Waals surface area (Å²) in [6, 6.07) is 33.4. The van der Waals surface area contributed by atoms with Crippen molar-refractivity contribution in [2.24, 2.45) is 11.8 Å². The minimum absolute atomic E-state index is 0.0996. The molecule has 4 heterocycles. The average molecular weight is 1120 g/mol. The summed E-state index contributed by atoms with van der Waals surface area (Å²) < 4.78 is 73.2. The number of nitrogens with one attached hydrogen (secondary N) is 1. The van der Waals surface area contributed by atoms with E-state index in [1.807, 2.05) is 119 Å². The van der Waals surface area contributed by atoms with Crippen LogP contribution in [0.2, 0.25) is 0 Å². The second-order valence-electron chi connectivity index (χ2n) is 20.2. The zero-order valence-corrected chi connectivity index (χ0v) is 47.7. The Bertz CT molecular complexity index is 3110. The van der Waals surface area contributed by atoms with Crippen molar-refractivity contribution in [2.45, 2.75) is 116 Å². The highest BCUT2D eigenvalue weighted by molar-refractivity contribution is 7.44. The molecule has 0 saturated carbocycles. The van der Waals surface area contributed by atoms with Gasteiger partial charge in [-0.1, -0.05) is 86.6 Å². The molecule has 428 valence electrons. The molecule has 1 N–H and O–H groups in total. The average Bonchev–Trinajstić information content (AvgIpc) is 4.00. The fourth-order valence-electron chi connectivity index (χ4n) is 10.6. The minimum Gasteiger partial charge on any atom is -0.497 e. The molecular formula is C59H71N4O16P. The van der Waals surface area contributed by atoms with Crippen molar-refractivity contribution in [2.75, 3.05) is 41.7 Å². The summed E-state index contributed by atoms with van der Waals surface area (Å²) in [6.45, 7) is 13.0. The van der Waals surface area contributed by atoms with Crippen LogP contribution in [-0.2, 0) is 63.8 Å². The van der Waals surface area contributed by atoms with Crippen LogP contribution in [-0.4, -0.2) is 127 Å². The van der Waals surface area contributed by atoms with Crippen molar-refractivity contribution in [1.82, 2.24) is 18.8 Å². The molecule has 2 aliphatic rings. The van der Waals surface area contributed by atoms with E-state index in [9.17, 15) is 24.0 Å². The third-order valence-corrected chi connectivity index (χ3v) is 16.8. The summed E-state index contributed by atoms with van der Waals surface area (Å²) in [4.78, 5) is 67.7.